The average Bonchev–Trinajstić information content (AvgIpc) is 2.31. The van der Waals surface area contributed by atoms with Crippen molar-refractivity contribution in [2.75, 3.05) is 0 Å². The Morgan fingerprint density at radius 1 is 0.500 bits per heavy atom. The quantitative estimate of drug-likeness (QED) is 0.441. The van der Waals surface area contributed by atoms with Crippen molar-refractivity contribution >= 4 is 17.2 Å². The number of rotatable bonds is 0. The van der Waals surface area contributed by atoms with Crippen LogP contribution in [-0.2, 0) is 0 Å². The monoisotopic (exact) mass is 214 g/mol. The van der Waals surface area contributed by atoms with Crippen LogP contribution in [-0.4, -0.2) is 5.02 Å². The van der Waals surface area contributed by atoms with Gasteiger partial charge in [-0.05, 0) is 53.2 Å². The minimum atomic E-state index is 2.21. The summed E-state index contributed by atoms with van der Waals surface area (Å²) in [5.41, 5.74) is 31.8. The topological polar surface area (TPSA) is 0 Å². The van der Waals surface area contributed by atoms with Crippen molar-refractivity contribution < 1.29 is 0 Å². The summed E-state index contributed by atoms with van der Waals surface area (Å²) in [6.07, 6.45) is 0. The maximum Gasteiger partial charge on any atom is 0.0148 e. The normalized spacial score (nSPS) is 3.75. The molecular weight excluding hydrogens is 212 g/mol. The van der Waals surface area contributed by atoms with E-state index in [2.05, 4.69) is 98.3 Å². The Labute approximate surface area is 98.6 Å². The van der Waals surface area contributed by atoms with Gasteiger partial charge in [-0.3, -0.25) is 0 Å². The van der Waals surface area contributed by atoms with Gasteiger partial charge in [0.15, 0.2) is 0 Å². The van der Waals surface area contributed by atoms with Gasteiger partial charge in [0, 0.05) is 39.4 Å². The van der Waals surface area contributed by atoms with Crippen LogP contribution in [0, 0.1) is 0 Å². The molecule has 0 N–H and O–H groups in total. The average molecular weight is 214 g/mol. The molecule has 0 saturated carbocycles. The fourth-order valence-corrected chi connectivity index (χ4v) is 0.433. The van der Waals surface area contributed by atoms with E-state index in [-0.39, 0.29) is 0 Å². The summed E-state index contributed by atoms with van der Waals surface area (Å²) in [6.45, 7) is 3.29. The van der Waals surface area contributed by atoms with Crippen molar-refractivity contribution in [2.45, 2.75) is 0 Å². The van der Waals surface area contributed by atoms with E-state index in [1.807, 2.05) is 0 Å². The van der Waals surface area contributed by atoms with E-state index in [9.17, 15) is 0 Å². The Morgan fingerprint density at radius 3 is 1.12 bits per heavy atom. The molecule has 0 bridgehead atoms. The lowest BCUT2D eigenvalue weighted by molar-refractivity contribution is 2.13. The fraction of sp³-hybridized carbons (Fsp3) is 0. The van der Waals surface area contributed by atoms with Gasteiger partial charge in [-0.2, -0.15) is 0 Å². The Balaban J connectivity index is 5.66. The third-order valence-electron chi connectivity index (χ3n) is 0.827. The lowest BCUT2D eigenvalue weighted by Gasteiger charge is -1.39. The second-order valence-corrected chi connectivity index (χ2v) is 1.98. The molecule has 68 valence electrons. The van der Waals surface area contributed by atoms with E-state index >= 15 is 0 Å². The lowest BCUT2D eigenvalue weighted by Crippen LogP contribution is -1.25. The minimum absolute atomic E-state index is 2.21. The van der Waals surface area contributed by atoms with Gasteiger partial charge in [0.2, 0.25) is 0 Å². The molecule has 0 aromatic carbocycles. The van der Waals surface area contributed by atoms with E-state index < -0.39 is 0 Å². The highest BCUT2D eigenvalue weighted by molar-refractivity contribution is 7.78. The van der Waals surface area contributed by atoms with Crippen LogP contribution in [0.5, 0.6) is 0 Å². The van der Waals surface area contributed by atoms with Crippen LogP contribution in [0.15, 0.2) is 81.1 Å². The van der Waals surface area contributed by atoms with Gasteiger partial charge in [0.05, 0.1) is 0 Å². The summed E-state index contributed by atoms with van der Waals surface area (Å²) in [4.78, 5) is 0. The molecule has 0 radical (unpaired) electrons. The lowest BCUT2D eigenvalue weighted by atomic mass is 10.6. The molecule has 0 aromatic rings. The fourth-order valence-electron chi connectivity index (χ4n) is 0.382. The highest BCUT2D eigenvalue weighted by Crippen LogP contribution is 1.55. The maximum absolute atomic E-state index is 4.35. The molecule has 0 heterocycles. The number of hydrogen-bond acceptors (Lipinski definition) is 1. The third kappa shape index (κ3) is 11.0. The largest absolute Gasteiger partial charge is 0.0687 e. The van der Waals surface area contributed by atoms with Gasteiger partial charge in [-0.15, -0.1) is 0 Å². The first kappa shape index (κ1) is 13.0. The van der Waals surface area contributed by atoms with Crippen molar-refractivity contribution in [3.63, 3.8) is 0 Å². The maximum atomic E-state index is 4.35. The van der Waals surface area contributed by atoms with E-state index in [0.717, 1.165) is 0 Å². The summed E-state index contributed by atoms with van der Waals surface area (Å²) in [5, 5.41) is 2.21. The predicted octanol–water partition coefficient (Wildman–Crippen LogP) is 2.79. The Hall–Kier alpha value is -2.99. The molecule has 0 aliphatic carbocycles. The zero-order valence-corrected chi connectivity index (χ0v) is 8.93. The molecule has 16 heavy (non-hydrogen) atoms. The molecule has 0 aromatic heterocycles. The predicted molar refractivity (Wildman–Crippen MR) is 63.9 cm³/mol. The molecule has 0 unspecified atom stereocenters. The van der Waals surface area contributed by atoms with E-state index in [0.29, 0.717) is 0 Å². The molecule has 0 aliphatic rings. The molecule has 0 aliphatic heterocycles. The van der Waals surface area contributed by atoms with Crippen LogP contribution in [0.3, 0.4) is 0 Å². The molecule has 0 fully saturated rings. The van der Waals surface area contributed by atoms with Crippen LogP contribution in [0.2, 0.25) is 0 Å². The van der Waals surface area contributed by atoms with Crippen molar-refractivity contribution in [1.82, 2.24) is 0 Å². The molecular formula is C15H2S. The summed E-state index contributed by atoms with van der Waals surface area (Å²) in [6, 6.07) is 0. The first-order chi connectivity index (χ1) is 7.91. The third-order valence-corrected chi connectivity index (χ3v) is 0.929. The SMILES string of the molecule is C=C=C=C=C=C=C=C=C=C=C=C=C=C=C=S. The van der Waals surface area contributed by atoms with Crippen LogP contribution in [0.25, 0.3) is 0 Å². The first-order valence-corrected chi connectivity index (χ1v) is 4.22. The smallest absolute Gasteiger partial charge is 0.0148 e. The van der Waals surface area contributed by atoms with Gasteiger partial charge in [0.1, 0.15) is 0 Å². The summed E-state index contributed by atoms with van der Waals surface area (Å²) >= 11 is 4.35. The number of hydrogen-bond donors (Lipinski definition) is 0. The van der Waals surface area contributed by atoms with Gasteiger partial charge in [-0.1, -0.05) is 5.73 Å². The Kier molecular flexibility index (Phi) is 9.77. The molecule has 0 nitrogen and oxygen atoms in total. The molecule has 1 heteroatoms. The van der Waals surface area contributed by atoms with E-state index in [1.54, 1.807) is 0 Å². The number of thiocarbonyl (C=S) groups is 1. The zero-order valence-electron chi connectivity index (χ0n) is 8.12. The van der Waals surface area contributed by atoms with Gasteiger partial charge in [0.25, 0.3) is 0 Å². The molecule has 0 spiro atoms. The van der Waals surface area contributed by atoms with Crippen molar-refractivity contribution in [3.05, 3.63) is 81.1 Å². The summed E-state index contributed by atoms with van der Waals surface area (Å²) < 4.78 is 0. The minimum Gasteiger partial charge on any atom is -0.0687 e. The van der Waals surface area contributed by atoms with Gasteiger partial charge in [-0.25, -0.2) is 0 Å². The van der Waals surface area contributed by atoms with Crippen molar-refractivity contribution in [2.24, 2.45) is 0 Å². The van der Waals surface area contributed by atoms with Gasteiger partial charge < -0.3 is 0 Å². The standard InChI is InChI=1S/C15H2S/c1-2-3-4-5-6-7-8-9-10-11-12-13-14-15-16/h1H2. The molecule has 0 saturated heterocycles. The molecule has 0 atom stereocenters. The Bertz CT molecular complexity index is 697. The second kappa shape index (κ2) is 12.0. The van der Waals surface area contributed by atoms with Crippen LogP contribution in [0.1, 0.15) is 0 Å². The first-order valence-electron chi connectivity index (χ1n) is 3.81. The van der Waals surface area contributed by atoms with Gasteiger partial charge >= 0.3 is 0 Å². The molecule has 0 amide bonds. The summed E-state index contributed by atoms with van der Waals surface area (Å²) in [7, 11) is 0. The zero-order chi connectivity index (χ0) is 11.9. The summed E-state index contributed by atoms with van der Waals surface area (Å²) in [5.74, 6) is 0. The van der Waals surface area contributed by atoms with E-state index in [4.69, 9.17) is 0 Å². The van der Waals surface area contributed by atoms with Crippen LogP contribution >= 0.6 is 12.2 Å². The van der Waals surface area contributed by atoms with Crippen molar-refractivity contribution in [3.8, 4) is 0 Å². The van der Waals surface area contributed by atoms with Crippen LogP contribution < -0.4 is 0 Å². The molecule has 0 rings (SSSR count). The highest BCUT2D eigenvalue weighted by atomic mass is 32.1. The highest BCUT2D eigenvalue weighted by Gasteiger charge is 1.40. The van der Waals surface area contributed by atoms with E-state index in [1.165, 1.54) is 0 Å². The second-order valence-electron chi connectivity index (χ2n) is 1.78. The Morgan fingerprint density at radius 2 is 0.812 bits per heavy atom. The van der Waals surface area contributed by atoms with Crippen LogP contribution in [0.4, 0.5) is 0 Å². The van der Waals surface area contributed by atoms with Crippen molar-refractivity contribution in [1.29, 1.82) is 0 Å².